The van der Waals surface area contributed by atoms with Crippen molar-refractivity contribution < 1.29 is 23.6 Å². The van der Waals surface area contributed by atoms with Crippen molar-refractivity contribution >= 4 is 43.5 Å². The third-order valence-electron chi connectivity index (χ3n) is 10.8. The van der Waals surface area contributed by atoms with Crippen molar-refractivity contribution in [3.63, 3.8) is 0 Å². The lowest BCUT2D eigenvalue weighted by molar-refractivity contribution is 0.669. The van der Waals surface area contributed by atoms with Gasteiger partial charge in [0.25, 0.3) is 0 Å². The summed E-state index contributed by atoms with van der Waals surface area (Å²) in [5.41, 5.74) is 3.84. The molecular formula is C55H34N2O. The summed E-state index contributed by atoms with van der Waals surface area (Å²) in [6, 6.07) is 28.5. The van der Waals surface area contributed by atoms with Gasteiger partial charge in [0.2, 0.25) is 0 Å². The average molecular weight is 753 g/mol. The molecule has 0 saturated heterocycles. The molecule has 1 atom stereocenters. The molecule has 0 saturated carbocycles. The van der Waals surface area contributed by atoms with Crippen LogP contribution in [-0.4, -0.2) is 9.97 Å². The van der Waals surface area contributed by atoms with Crippen molar-refractivity contribution in [2.45, 2.75) is 5.92 Å². The van der Waals surface area contributed by atoms with E-state index in [0.717, 1.165) is 32.8 Å². The van der Waals surface area contributed by atoms with E-state index in [9.17, 15) is 8.22 Å². The molecule has 270 valence electrons. The van der Waals surface area contributed by atoms with Crippen molar-refractivity contribution in [1.82, 2.24) is 9.97 Å². The van der Waals surface area contributed by atoms with Gasteiger partial charge in [-0.25, -0.2) is 9.97 Å². The number of fused-ring (bicyclic) bond motifs is 8. The van der Waals surface area contributed by atoms with Gasteiger partial charge in [0.1, 0.15) is 11.2 Å². The van der Waals surface area contributed by atoms with Crippen LogP contribution in [0.3, 0.4) is 0 Å². The van der Waals surface area contributed by atoms with Crippen LogP contribution < -0.4 is 0 Å². The van der Waals surface area contributed by atoms with Gasteiger partial charge >= 0.3 is 0 Å². The van der Waals surface area contributed by atoms with Gasteiger partial charge in [-0.2, -0.15) is 0 Å². The van der Waals surface area contributed by atoms with E-state index in [-0.39, 0.29) is 49.7 Å². The van der Waals surface area contributed by atoms with E-state index >= 15 is 0 Å². The molecular weight excluding hydrogens is 705 g/mol. The van der Waals surface area contributed by atoms with E-state index in [1.54, 1.807) is 18.2 Å². The summed E-state index contributed by atoms with van der Waals surface area (Å²) in [7, 11) is 0. The van der Waals surface area contributed by atoms with Crippen LogP contribution in [0, 0.1) is 0 Å². The fraction of sp³-hybridized carbons (Fsp3) is 0.0182. The Morgan fingerprint density at radius 3 is 2.09 bits per heavy atom. The molecule has 0 amide bonds. The standard InChI is InChI=1S/C55H34N2O/c1-2-12-37(13-3-1)55-56-49(42-26-23-34-11-4-5-14-38(34)29-42)33-50(57-55)45-19-10-20-51-54(45)46-28-27-41(32-52(46)58-51)35-21-24-36(25-22-35)53-44-18-9-8-17-43(44)47-30-39-15-6-7-16-40(39)31-48(47)53/h1-33,53H/i6D,7D,8D,9D,15D,16D,17D,18D,21D,22D,24D,25D,30D,31D. The molecule has 11 aromatic rings. The fourth-order valence-electron chi connectivity index (χ4n) is 8.08. The Balaban J connectivity index is 1.03. The van der Waals surface area contributed by atoms with E-state index in [4.69, 9.17) is 25.4 Å². The lowest BCUT2D eigenvalue weighted by Crippen LogP contribution is -1.99. The number of nitrogens with zero attached hydrogens (tertiary/aromatic N) is 2. The van der Waals surface area contributed by atoms with Crippen molar-refractivity contribution in [2.24, 2.45) is 0 Å². The molecule has 2 aromatic heterocycles. The van der Waals surface area contributed by atoms with E-state index < -0.39 is 90.5 Å². The second kappa shape index (κ2) is 13.0. The lowest BCUT2D eigenvalue weighted by Gasteiger charge is -2.16. The third-order valence-corrected chi connectivity index (χ3v) is 10.8. The molecule has 12 rings (SSSR count). The van der Waals surface area contributed by atoms with E-state index in [1.165, 1.54) is 0 Å². The van der Waals surface area contributed by atoms with E-state index in [2.05, 4.69) is 24.3 Å². The molecule has 0 aliphatic heterocycles. The number of benzene rings is 9. The molecule has 58 heavy (non-hydrogen) atoms. The molecule has 1 aliphatic rings. The molecule has 0 spiro atoms. The highest BCUT2D eigenvalue weighted by molar-refractivity contribution is 6.13. The SMILES string of the molecule is [2H]c1c([2H])c([2H])c2c(c1[2H])-c1c(c([2H])c3c([2H])c([2H])c([2H])c([2H])c3c1[2H])C2c1c([2H])c([2H])c(-c2ccc3c(c2)oc2cccc(-c4cc(-c5ccc6ccccc6c5)nc(-c5ccccc5)n4)c23)c([2H])c1[2H]. The molecule has 9 aromatic carbocycles. The second-order valence-corrected chi connectivity index (χ2v) is 14.2. The third kappa shape index (κ3) is 5.28. The summed E-state index contributed by atoms with van der Waals surface area (Å²) in [4.78, 5) is 10.1. The predicted octanol–water partition coefficient (Wildman–Crippen LogP) is 14.5. The van der Waals surface area contributed by atoms with Crippen LogP contribution in [0.4, 0.5) is 0 Å². The quantitative estimate of drug-likeness (QED) is 0.176. The Hall–Kier alpha value is -7.62. The van der Waals surface area contributed by atoms with E-state index in [1.807, 2.05) is 72.8 Å². The summed E-state index contributed by atoms with van der Waals surface area (Å²) >= 11 is 0. The first-order chi connectivity index (χ1) is 34.6. The van der Waals surface area contributed by atoms with Gasteiger partial charge < -0.3 is 4.42 Å². The van der Waals surface area contributed by atoms with Crippen LogP contribution in [0.1, 0.15) is 41.8 Å². The van der Waals surface area contributed by atoms with Gasteiger partial charge in [-0.15, -0.1) is 0 Å². The van der Waals surface area contributed by atoms with Crippen LogP contribution in [0.2, 0.25) is 0 Å². The highest BCUT2D eigenvalue weighted by atomic mass is 16.3. The minimum atomic E-state index is -1.57. The zero-order valence-electron chi connectivity index (χ0n) is 44.3. The number of hydrogen-bond acceptors (Lipinski definition) is 3. The first-order valence-electron chi connectivity index (χ1n) is 25.7. The van der Waals surface area contributed by atoms with Gasteiger partial charge in [-0.3, -0.25) is 0 Å². The van der Waals surface area contributed by atoms with Crippen molar-refractivity contribution in [2.75, 3.05) is 0 Å². The first kappa shape index (κ1) is 21.6. The molecule has 0 bridgehead atoms. The topological polar surface area (TPSA) is 38.9 Å². The Kier molecular flexibility index (Phi) is 4.84. The Labute approximate surface area is 355 Å². The molecule has 2 heterocycles. The van der Waals surface area contributed by atoms with Crippen molar-refractivity contribution in [3.8, 4) is 56.2 Å². The van der Waals surface area contributed by atoms with Crippen LogP contribution in [0.15, 0.2) is 204 Å². The molecule has 1 unspecified atom stereocenters. The predicted molar refractivity (Wildman–Crippen MR) is 239 cm³/mol. The first-order valence-corrected chi connectivity index (χ1v) is 18.7. The summed E-state index contributed by atoms with van der Waals surface area (Å²) in [6.45, 7) is 0. The molecule has 3 heteroatoms. The normalized spacial score (nSPS) is 16.7. The number of rotatable bonds is 5. The molecule has 0 fully saturated rings. The van der Waals surface area contributed by atoms with Crippen LogP contribution in [0.5, 0.6) is 0 Å². The minimum absolute atomic E-state index is 0.0898. The number of furan rings is 1. The zero-order valence-corrected chi connectivity index (χ0v) is 30.3. The monoisotopic (exact) mass is 752 g/mol. The van der Waals surface area contributed by atoms with Gasteiger partial charge in [0.05, 0.1) is 30.6 Å². The molecule has 1 aliphatic carbocycles. The Morgan fingerprint density at radius 1 is 0.448 bits per heavy atom. The minimum Gasteiger partial charge on any atom is -0.456 e. The van der Waals surface area contributed by atoms with Gasteiger partial charge in [0, 0.05) is 33.4 Å². The van der Waals surface area contributed by atoms with Gasteiger partial charge in [0.15, 0.2) is 5.82 Å². The maximum absolute atomic E-state index is 9.54. The van der Waals surface area contributed by atoms with Crippen molar-refractivity contribution in [3.05, 3.63) is 217 Å². The van der Waals surface area contributed by atoms with E-state index in [0.29, 0.717) is 33.8 Å². The molecule has 0 N–H and O–H groups in total. The number of aromatic nitrogens is 2. The lowest BCUT2D eigenvalue weighted by atomic mass is 9.87. The molecule has 0 radical (unpaired) electrons. The van der Waals surface area contributed by atoms with Gasteiger partial charge in [-0.05, 0) is 103 Å². The summed E-state index contributed by atoms with van der Waals surface area (Å²) < 4.78 is 133. The number of hydrogen-bond donors (Lipinski definition) is 0. The van der Waals surface area contributed by atoms with Crippen LogP contribution in [0.25, 0.3) is 99.6 Å². The maximum Gasteiger partial charge on any atom is 0.160 e. The van der Waals surface area contributed by atoms with Crippen LogP contribution >= 0.6 is 0 Å². The highest BCUT2D eigenvalue weighted by Crippen LogP contribution is 2.49. The summed E-state index contributed by atoms with van der Waals surface area (Å²) in [5, 5.41) is 2.94. The largest absolute Gasteiger partial charge is 0.456 e. The smallest absolute Gasteiger partial charge is 0.160 e. The average Bonchev–Trinajstić information content (AvgIpc) is 3.96. The van der Waals surface area contributed by atoms with Gasteiger partial charge in [-0.1, -0.05) is 157 Å². The van der Waals surface area contributed by atoms with Crippen LogP contribution in [-0.2, 0) is 0 Å². The van der Waals surface area contributed by atoms with Crippen molar-refractivity contribution in [1.29, 1.82) is 0 Å². The Bertz CT molecular complexity index is 4200. The maximum atomic E-state index is 9.54. The highest BCUT2D eigenvalue weighted by Gasteiger charge is 2.30. The molecule has 3 nitrogen and oxygen atoms in total. The summed E-state index contributed by atoms with van der Waals surface area (Å²) in [6.07, 6.45) is 0. The fourth-order valence-corrected chi connectivity index (χ4v) is 8.08. The second-order valence-electron chi connectivity index (χ2n) is 14.2. The summed E-state index contributed by atoms with van der Waals surface area (Å²) in [5.74, 6) is -1.04. The zero-order chi connectivity index (χ0) is 50.3. The Morgan fingerprint density at radius 2 is 1.21 bits per heavy atom.